The van der Waals surface area contributed by atoms with Crippen LogP contribution >= 0.6 is 0 Å². The van der Waals surface area contributed by atoms with Gasteiger partial charge in [-0.05, 0) is 76.0 Å². The molecule has 1 fully saturated rings. The van der Waals surface area contributed by atoms with Crippen LogP contribution in [0.25, 0.3) is 0 Å². The molecule has 0 bridgehead atoms. The highest BCUT2D eigenvalue weighted by Crippen LogP contribution is 2.12. The molecule has 5 N–H and O–H groups in total. The Kier molecular flexibility index (Phi) is 9.41. The summed E-state index contributed by atoms with van der Waals surface area (Å²) in [7, 11) is 0. The normalized spacial score (nSPS) is 15.3. The van der Waals surface area contributed by atoms with Crippen molar-refractivity contribution in [1.29, 1.82) is 0 Å². The quantitative estimate of drug-likeness (QED) is 0.433. The van der Waals surface area contributed by atoms with Crippen LogP contribution in [-0.2, 0) is 17.9 Å². The summed E-state index contributed by atoms with van der Waals surface area (Å²) in [4.78, 5) is 23.3. The third kappa shape index (κ3) is 8.02. The highest BCUT2D eigenvalue weighted by Gasteiger charge is 2.15. The molecule has 3 heterocycles. The van der Waals surface area contributed by atoms with Crippen molar-refractivity contribution in [1.82, 2.24) is 19.4 Å². The summed E-state index contributed by atoms with van der Waals surface area (Å²) in [5.41, 5.74) is 12.1. The lowest BCUT2D eigenvalue weighted by Gasteiger charge is -2.29. The van der Waals surface area contributed by atoms with Crippen molar-refractivity contribution >= 4 is 11.6 Å². The zero-order valence-electron chi connectivity index (χ0n) is 18.2. The molecule has 2 aromatic heterocycles. The maximum Gasteiger partial charge on any atom is 0.349 e. The van der Waals surface area contributed by atoms with E-state index in [4.69, 9.17) is 16.2 Å². The Morgan fingerprint density at radius 1 is 1.10 bits per heavy atom. The molecular formula is C22H35N7O2. The number of aromatic nitrogens is 3. The maximum absolute atomic E-state index is 12.3. The summed E-state index contributed by atoms with van der Waals surface area (Å²) < 4.78 is 7.18. The van der Waals surface area contributed by atoms with Crippen molar-refractivity contribution in [3.8, 4) is 0 Å². The zero-order valence-corrected chi connectivity index (χ0v) is 18.2. The van der Waals surface area contributed by atoms with Crippen molar-refractivity contribution < 1.29 is 4.74 Å². The molecule has 31 heavy (non-hydrogen) atoms. The maximum atomic E-state index is 12.3. The fraction of sp³-hybridized carbons (Fsp3) is 0.591. The second-order valence-corrected chi connectivity index (χ2v) is 8.05. The average molecular weight is 430 g/mol. The number of aryl methyl sites for hydroxylation is 1. The number of hydrogen-bond acceptors (Lipinski definition) is 8. The molecule has 0 saturated carbocycles. The lowest BCUT2D eigenvalue weighted by Crippen LogP contribution is -2.40. The van der Waals surface area contributed by atoms with E-state index in [0.717, 1.165) is 57.3 Å². The molecule has 1 aliphatic heterocycles. The number of anilines is 2. The Labute approximate surface area is 183 Å². The van der Waals surface area contributed by atoms with Crippen molar-refractivity contribution in [2.75, 3.05) is 38.1 Å². The van der Waals surface area contributed by atoms with Crippen LogP contribution in [0.3, 0.4) is 0 Å². The van der Waals surface area contributed by atoms with Crippen LogP contribution in [0.5, 0.6) is 0 Å². The smallest absolute Gasteiger partial charge is 0.349 e. The number of piperidine rings is 1. The predicted octanol–water partition coefficient (Wildman–Crippen LogP) is 1.45. The summed E-state index contributed by atoms with van der Waals surface area (Å²) >= 11 is 0. The van der Waals surface area contributed by atoms with Gasteiger partial charge in [0.15, 0.2) is 0 Å². The van der Waals surface area contributed by atoms with Crippen molar-refractivity contribution in [3.05, 3.63) is 46.6 Å². The molecule has 170 valence electrons. The number of rotatable bonds is 12. The largest absolute Gasteiger partial charge is 0.377 e. The lowest BCUT2D eigenvalue weighted by molar-refractivity contribution is 0.120. The molecule has 0 spiro atoms. The molecule has 2 aromatic rings. The van der Waals surface area contributed by atoms with Gasteiger partial charge in [0.05, 0.1) is 6.61 Å². The van der Waals surface area contributed by atoms with E-state index in [1.54, 1.807) is 23.0 Å². The molecule has 9 heteroatoms. The fourth-order valence-electron chi connectivity index (χ4n) is 3.55. The van der Waals surface area contributed by atoms with Crippen LogP contribution < -0.4 is 22.5 Å². The first-order valence-corrected chi connectivity index (χ1v) is 11.2. The number of pyridine rings is 1. The molecule has 0 aliphatic carbocycles. The third-order valence-corrected chi connectivity index (χ3v) is 5.47. The van der Waals surface area contributed by atoms with E-state index in [0.29, 0.717) is 44.0 Å². The van der Waals surface area contributed by atoms with Gasteiger partial charge in [-0.1, -0.05) is 6.07 Å². The standard InChI is InChI=1S/C22H35N7O2/c23-9-3-15-31-17-18-4-5-20(25-16-18)26-21-8-14-29(22(30)27-21)11-2-1-10-28-12-6-19(24)7-13-28/h4-5,8,14,16,19H,1-3,6-7,9-13,15,17,23-24H2,(H,25,26,27,30). The first-order chi connectivity index (χ1) is 15.1. The van der Waals surface area contributed by atoms with Crippen molar-refractivity contribution in [3.63, 3.8) is 0 Å². The molecule has 1 aliphatic rings. The van der Waals surface area contributed by atoms with Gasteiger partial charge in [0, 0.05) is 31.6 Å². The highest BCUT2D eigenvalue weighted by molar-refractivity contribution is 5.50. The van der Waals surface area contributed by atoms with Crippen LogP contribution in [0.4, 0.5) is 11.6 Å². The second kappa shape index (κ2) is 12.5. The number of nitrogens with zero attached hydrogens (tertiary/aromatic N) is 4. The Balaban J connectivity index is 1.41. The first kappa shape index (κ1) is 23.3. The average Bonchev–Trinajstić information content (AvgIpc) is 2.78. The first-order valence-electron chi connectivity index (χ1n) is 11.2. The topological polar surface area (TPSA) is 124 Å². The van der Waals surface area contributed by atoms with Gasteiger partial charge in [0.1, 0.15) is 11.6 Å². The Bertz CT molecular complexity index is 832. The minimum Gasteiger partial charge on any atom is -0.377 e. The van der Waals surface area contributed by atoms with E-state index in [2.05, 4.69) is 20.2 Å². The van der Waals surface area contributed by atoms with Gasteiger partial charge in [0.2, 0.25) is 0 Å². The molecule has 1 saturated heterocycles. The number of nitrogens with one attached hydrogen (secondary N) is 1. The zero-order chi connectivity index (χ0) is 21.9. The number of likely N-dealkylation sites (tertiary alicyclic amines) is 1. The van der Waals surface area contributed by atoms with Gasteiger partial charge in [-0.25, -0.2) is 9.78 Å². The van der Waals surface area contributed by atoms with E-state index in [1.807, 2.05) is 12.1 Å². The minimum atomic E-state index is -0.251. The van der Waals surface area contributed by atoms with Gasteiger partial charge in [-0.15, -0.1) is 0 Å². The molecule has 0 amide bonds. The summed E-state index contributed by atoms with van der Waals surface area (Å²) in [5.74, 6) is 1.13. The van der Waals surface area contributed by atoms with Gasteiger partial charge in [-0.2, -0.15) is 4.98 Å². The summed E-state index contributed by atoms with van der Waals surface area (Å²) in [6.45, 7) is 5.68. The van der Waals surface area contributed by atoms with E-state index < -0.39 is 0 Å². The SMILES string of the molecule is NCCCOCc1ccc(Nc2ccn(CCCCN3CCC(N)CC3)c(=O)n2)nc1. The molecule has 0 radical (unpaired) electrons. The van der Waals surface area contributed by atoms with Crippen LogP contribution in [-0.4, -0.2) is 58.3 Å². The minimum absolute atomic E-state index is 0.251. The number of nitrogens with two attached hydrogens (primary N) is 2. The molecule has 0 aromatic carbocycles. The molecule has 3 rings (SSSR count). The monoisotopic (exact) mass is 429 g/mol. The highest BCUT2D eigenvalue weighted by atomic mass is 16.5. The van der Waals surface area contributed by atoms with E-state index in [-0.39, 0.29) is 5.69 Å². The number of hydrogen-bond donors (Lipinski definition) is 3. The van der Waals surface area contributed by atoms with E-state index in [9.17, 15) is 4.79 Å². The summed E-state index contributed by atoms with van der Waals surface area (Å²) in [6.07, 6.45) is 8.56. The van der Waals surface area contributed by atoms with Crippen LogP contribution in [0, 0.1) is 0 Å². The Hall–Kier alpha value is -2.33. The van der Waals surface area contributed by atoms with Crippen LogP contribution in [0.2, 0.25) is 0 Å². The van der Waals surface area contributed by atoms with Gasteiger partial charge < -0.3 is 26.4 Å². The fourth-order valence-corrected chi connectivity index (χ4v) is 3.55. The second-order valence-electron chi connectivity index (χ2n) is 8.05. The van der Waals surface area contributed by atoms with Gasteiger partial charge >= 0.3 is 5.69 Å². The summed E-state index contributed by atoms with van der Waals surface area (Å²) in [6, 6.07) is 5.96. The van der Waals surface area contributed by atoms with Gasteiger partial charge in [0.25, 0.3) is 0 Å². The van der Waals surface area contributed by atoms with E-state index >= 15 is 0 Å². The van der Waals surface area contributed by atoms with Crippen molar-refractivity contribution in [2.45, 2.75) is 51.3 Å². The number of unbranched alkanes of at least 4 members (excludes halogenated alkanes) is 1. The van der Waals surface area contributed by atoms with E-state index in [1.165, 1.54) is 0 Å². The van der Waals surface area contributed by atoms with Crippen molar-refractivity contribution in [2.24, 2.45) is 11.5 Å². The predicted molar refractivity (Wildman–Crippen MR) is 122 cm³/mol. The summed E-state index contributed by atoms with van der Waals surface area (Å²) in [5, 5.41) is 3.08. The number of ether oxygens (including phenoxy) is 1. The van der Waals surface area contributed by atoms with Crippen LogP contribution in [0.1, 0.15) is 37.7 Å². The lowest BCUT2D eigenvalue weighted by atomic mass is 10.1. The Morgan fingerprint density at radius 3 is 2.61 bits per heavy atom. The Morgan fingerprint density at radius 2 is 1.90 bits per heavy atom. The third-order valence-electron chi connectivity index (χ3n) is 5.47. The molecule has 0 unspecified atom stereocenters. The van der Waals surface area contributed by atoms with Gasteiger partial charge in [-0.3, -0.25) is 4.57 Å². The molecule has 9 nitrogen and oxygen atoms in total. The molecule has 0 atom stereocenters. The molecular weight excluding hydrogens is 394 g/mol. The van der Waals surface area contributed by atoms with Crippen LogP contribution in [0.15, 0.2) is 35.4 Å².